The van der Waals surface area contributed by atoms with Gasteiger partial charge in [-0.1, -0.05) is 30.3 Å². The van der Waals surface area contributed by atoms with Crippen LogP contribution < -0.4 is 11.1 Å². The van der Waals surface area contributed by atoms with Gasteiger partial charge in [0.05, 0.1) is 19.3 Å². The number of hydrogen-bond donors (Lipinski definition) is 3. The van der Waals surface area contributed by atoms with Crippen LogP contribution in [0.3, 0.4) is 0 Å². The normalized spacial score (nSPS) is 25.6. The Bertz CT molecular complexity index is 414. The third-order valence-electron chi connectivity index (χ3n) is 3.60. The van der Waals surface area contributed by atoms with Gasteiger partial charge in [0.25, 0.3) is 0 Å². The second-order valence-corrected chi connectivity index (χ2v) is 5.23. The summed E-state index contributed by atoms with van der Waals surface area (Å²) < 4.78 is 5.49. The second-order valence-electron chi connectivity index (χ2n) is 5.23. The van der Waals surface area contributed by atoms with Gasteiger partial charge in [-0.25, -0.2) is 0 Å². The van der Waals surface area contributed by atoms with Crippen LogP contribution in [0.2, 0.25) is 0 Å². The Labute approximate surface area is 119 Å². The molecule has 20 heavy (non-hydrogen) atoms. The summed E-state index contributed by atoms with van der Waals surface area (Å²) in [6.45, 7) is 1.50. The molecule has 0 saturated heterocycles. The third kappa shape index (κ3) is 4.30. The van der Waals surface area contributed by atoms with Crippen molar-refractivity contribution in [2.24, 2.45) is 11.7 Å². The monoisotopic (exact) mass is 278 g/mol. The fourth-order valence-electron chi connectivity index (χ4n) is 2.42. The predicted molar refractivity (Wildman–Crippen MR) is 75.8 cm³/mol. The Morgan fingerprint density at radius 2 is 2.10 bits per heavy atom. The van der Waals surface area contributed by atoms with Crippen molar-refractivity contribution in [3.05, 3.63) is 35.9 Å². The summed E-state index contributed by atoms with van der Waals surface area (Å²) in [7, 11) is 0. The minimum atomic E-state index is -0.555. The van der Waals surface area contributed by atoms with Gasteiger partial charge >= 0.3 is 0 Å². The highest BCUT2D eigenvalue weighted by Gasteiger charge is 2.34. The Hall–Kier alpha value is -1.43. The molecular weight excluding hydrogens is 256 g/mol. The number of ether oxygens (including phenoxy) is 1. The summed E-state index contributed by atoms with van der Waals surface area (Å²) in [5, 5.41) is 12.3. The maximum absolute atomic E-state index is 11.8. The van der Waals surface area contributed by atoms with Crippen LogP contribution in [0.1, 0.15) is 18.4 Å². The summed E-state index contributed by atoms with van der Waals surface area (Å²) in [5.41, 5.74) is 6.81. The predicted octanol–water partition coefficient (Wildman–Crippen LogP) is 0.418. The Kier molecular flexibility index (Phi) is 5.52. The van der Waals surface area contributed by atoms with E-state index in [9.17, 15) is 9.90 Å². The minimum Gasteiger partial charge on any atom is -0.391 e. The van der Waals surface area contributed by atoms with Crippen molar-refractivity contribution in [3.63, 3.8) is 0 Å². The van der Waals surface area contributed by atoms with Crippen molar-refractivity contribution >= 4 is 5.91 Å². The molecule has 0 heterocycles. The van der Waals surface area contributed by atoms with E-state index >= 15 is 0 Å². The molecule has 0 radical (unpaired) electrons. The molecule has 1 saturated carbocycles. The zero-order chi connectivity index (χ0) is 14.4. The van der Waals surface area contributed by atoms with E-state index in [2.05, 4.69) is 5.32 Å². The SMILES string of the molecule is N[C@H]1C[C@H](C(=O)NCCOCc2ccccc2)C[C@@H]1O. The van der Waals surface area contributed by atoms with E-state index < -0.39 is 6.10 Å². The number of carbonyl (C=O) groups is 1. The zero-order valence-electron chi connectivity index (χ0n) is 11.5. The molecule has 0 aliphatic heterocycles. The molecule has 0 bridgehead atoms. The maximum atomic E-state index is 11.8. The smallest absolute Gasteiger partial charge is 0.223 e. The van der Waals surface area contributed by atoms with E-state index in [1.807, 2.05) is 30.3 Å². The first kappa shape index (κ1) is 15.0. The van der Waals surface area contributed by atoms with Crippen molar-refractivity contribution in [2.45, 2.75) is 31.6 Å². The first-order valence-electron chi connectivity index (χ1n) is 7.00. The molecular formula is C15H22N2O3. The van der Waals surface area contributed by atoms with Gasteiger partial charge in [-0.05, 0) is 18.4 Å². The van der Waals surface area contributed by atoms with Gasteiger partial charge in [0, 0.05) is 18.5 Å². The van der Waals surface area contributed by atoms with Gasteiger partial charge in [-0.2, -0.15) is 0 Å². The number of aliphatic hydroxyl groups excluding tert-OH is 1. The molecule has 0 unspecified atom stereocenters. The number of rotatable bonds is 6. The topological polar surface area (TPSA) is 84.6 Å². The second kappa shape index (κ2) is 7.38. The largest absolute Gasteiger partial charge is 0.391 e. The number of benzene rings is 1. The Balaban J connectivity index is 1.58. The van der Waals surface area contributed by atoms with Crippen LogP contribution in [0.4, 0.5) is 0 Å². The molecule has 1 aromatic rings. The molecule has 1 fully saturated rings. The van der Waals surface area contributed by atoms with Crippen molar-refractivity contribution < 1.29 is 14.6 Å². The molecule has 1 aliphatic rings. The average molecular weight is 278 g/mol. The van der Waals surface area contributed by atoms with Crippen LogP contribution in [0.15, 0.2) is 30.3 Å². The highest BCUT2D eigenvalue weighted by Crippen LogP contribution is 2.24. The van der Waals surface area contributed by atoms with Crippen LogP contribution >= 0.6 is 0 Å². The lowest BCUT2D eigenvalue weighted by atomic mass is 10.1. The minimum absolute atomic E-state index is 0.0414. The quantitative estimate of drug-likeness (QED) is 0.658. The number of nitrogens with two attached hydrogens (primary N) is 1. The lowest BCUT2D eigenvalue weighted by molar-refractivity contribution is -0.125. The van der Waals surface area contributed by atoms with Gasteiger partial charge in [0.1, 0.15) is 0 Å². The first-order chi connectivity index (χ1) is 9.66. The van der Waals surface area contributed by atoms with Crippen LogP contribution in [0.5, 0.6) is 0 Å². The van der Waals surface area contributed by atoms with E-state index in [1.165, 1.54) is 0 Å². The lowest BCUT2D eigenvalue weighted by Crippen LogP contribution is -2.32. The third-order valence-corrected chi connectivity index (χ3v) is 3.60. The molecule has 5 heteroatoms. The highest BCUT2D eigenvalue weighted by molar-refractivity contribution is 5.79. The number of carbonyl (C=O) groups excluding carboxylic acids is 1. The first-order valence-corrected chi connectivity index (χ1v) is 7.00. The Morgan fingerprint density at radius 3 is 2.75 bits per heavy atom. The van der Waals surface area contributed by atoms with E-state index in [0.29, 0.717) is 32.6 Å². The highest BCUT2D eigenvalue weighted by atomic mass is 16.5. The van der Waals surface area contributed by atoms with Crippen LogP contribution in [-0.2, 0) is 16.1 Å². The summed E-state index contributed by atoms with van der Waals surface area (Å²) in [4.78, 5) is 11.8. The van der Waals surface area contributed by atoms with Crippen molar-refractivity contribution in [1.29, 1.82) is 0 Å². The fourth-order valence-corrected chi connectivity index (χ4v) is 2.42. The van der Waals surface area contributed by atoms with Gasteiger partial charge < -0.3 is 20.9 Å². The number of hydrogen-bond acceptors (Lipinski definition) is 4. The molecule has 0 aromatic heterocycles. The van der Waals surface area contributed by atoms with Gasteiger partial charge in [-0.15, -0.1) is 0 Å². The molecule has 1 aromatic carbocycles. The summed E-state index contributed by atoms with van der Waals surface area (Å²) >= 11 is 0. The van der Waals surface area contributed by atoms with E-state index in [4.69, 9.17) is 10.5 Å². The Morgan fingerprint density at radius 1 is 1.35 bits per heavy atom. The van der Waals surface area contributed by atoms with Crippen LogP contribution in [0, 0.1) is 5.92 Å². The molecule has 3 atom stereocenters. The number of nitrogens with one attached hydrogen (secondary N) is 1. The van der Waals surface area contributed by atoms with Gasteiger partial charge in [-0.3, -0.25) is 4.79 Å². The zero-order valence-corrected chi connectivity index (χ0v) is 11.5. The van der Waals surface area contributed by atoms with E-state index in [1.54, 1.807) is 0 Å². The number of amides is 1. The molecule has 4 N–H and O–H groups in total. The van der Waals surface area contributed by atoms with Crippen LogP contribution in [-0.4, -0.2) is 36.3 Å². The van der Waals surface area contributed by atoms with Crippen molar-refractivity contribution in [2.75, 3.05) is 13.2 Å². The summed E-state index contributed by atoms with van der Waals surface area (Å²) in [6, 6.07) is 9.62. The van der Waals surface area contributed by atoms with Crippen molar-refractivity contribution in [1.82, 2.24) is 5.32 Å². The summed E-state index contributed by atoms with van der Waals surface area (Å²) in [6.07, 6.45) is 0.454. The van der Waals surface area contributed by atoms with Gasteiger partial charge in [0.2, 0.25) is 5.91 Å². The average Bonchev–Trinajstić information content (AvgIpc) is 2.79. The molecule has 1 amide bonds. The van der Waals surface area contributed by atoms with Gasteiger partial charge in [0.15, 0.2) is 0 Å². The van der Waals surface area contributed by atoms with E-state index in [0.717, 1.165) is 5.56 Å². The molecule has 110 valence electrons. The van der Waals surface area contributed by atoms with E-state index in [-0.39, 0.29) is 17.9 Å². The maximum Gasteiger partial charge on any atom is 0.223 e. The molecule has 2 rings (SSSR count). The van der Waals surface area contributed by atoms with Crippen molar-refractivity contribution in [3.8, 4) is 0 Å². The standard InChI is InChI=1S/C15H22N2O3/c16-13-8-12(9-14(13)18)15(19)17-6-7-20-10-11-4-2-1-3-5-11/h1-5,12-14,18H,6-10,16H2,(H,17,19)/t12-,13-,14-/m0/s1. The summed E-state index contributed by atoms with van der Waals surface area (Å²) in [5.74, 6) is -0.213. The lowest BCUT2D eigenvalue weighted by Gasteiger charge is -2.10. The molecule has 1 aliphatic carbocycles. The molecule has 0 spiro atoms. The fraction of sp³-hybridized carbons (Fsp3) is 0.533. The van der Waals surface area contributed by atoms with Crippen LogP contribution in [0.25, 0.3) is 0 Å². The molecule has 5 nitrogen and oxygen atoms in total. The number of aliphatic hydroxyl groups is 1.